The fourth-order valence-corrected chi connectivity index (χ4v) is 1.63. The van der Waals surface area contributed by atoms with Gasteiger partial charge in [-0.25, -0.2) is 13.6 Å². The van der Waals surface area contributed by atoms with Crippen molar-refractivity contribution >= 4 is 5.97 Å². The maximum Gasteiger partial charge on any atom is 0.335 e. The number of carboxylic acids is 1. The van der Waals surface area contributed by atoms with Crippen LogP contribution in [0.4, 0.5) is 8.78 Å². The molecule has 0 aliphatic heterocycles. The smallest absolute Gasteiger partial charge is 0.335 e. The summed E-state index contributed by atoms with van der Waals surface area (Å²) in [5, 5.41) is 8.71. The Morgan fingerprint density at radius 2 is 1.84 bits per heavy atom. The summed E-state index contributed by atoms with van der Waals surface area (Å²) in [5.41, 5.74) is -1.05. The quantitative estimate of drug-likeness (QED) is 0.921. The molecule has 6 heteroatoms. The molecule has 1 N–H and O–H groups in total. The normalized spacial score (nSPS) is 10.4. The van der Waals surface area contributed by atoms with E-state index in [9.17, 15) is 18.4 Å². The Morgan fingerprint density at radius 3 is 2.37 bits per heavy atom. The second kappa shape index (κ2) is 5.01. The van der Waals surface area contributed by atoms with Gasteiger partial charge in [-0.1, -0.05) is 6.07 Å². The minimum Gasteiger partial charge on any atom is -0.478 e. The Kier molecular flexibility index (Phi) is 3.41. The van der Waals surface area contributed by atoms with Crippen LogP contribution in [0.1, 0.15) is 15.9 Å². The predicted molar refractivity (Wildman–Crippen MR) is 63.1 cm³/mol. The van der Waals surface area contributed by atoms with Gasteiger partial charge in [-0.2, -0.15) is 0 Å². The lowest BCUT2D eigenvalue weighted by atomic mass is 10.2. The van der Waals surface area contributed by atoms with Crippen LogP contribution in [0.2, 0.25) is 0 Å². The molecule has 1 aromatic carbocycles. The van der Waals surface area contributed by atoms with Gasteiger partial charge in [0.25, 0.3) is 5.56 Å². The van der Waals surface area contributed by atoms with E-state index in [4.69, 9.17) is 5.11 Å². The molecule has 0 unspecified atom stereocenters. The van der Waals surface area contributed by atoms with Gasteiger partial charge in [-0.3, -0.25) is 4.79 Å². The lowest BCUT2D eigenvalue weighted by molar-refractivity contribution is 0.0696. The zero-order chi connectivity index (χ0) is 14.0. The minimum absolute atomic E-state index is 0.171. The number of rotatable bonds is 3. The highest BCUT2D eigenvalue weighted by Crippen LogP contribution is 2.12. The van der Waals surface area contributed by atoms with Gasteiger partial charge in [-0.15, -0.1) is 0 Å². The highest BCUT2D eigenvalue weighted by atomic mass is 19.1. The number of hydrogen-bond donors (Lipinski definition) is 1. The number of pyridine rings is 1. The molecular weight excluding hydrogens is 256 g/mol. The molecule has 2 rings (SSSR count). The molecule has 0 spiro atoms. The van der Waals surface area contributed by atoms with Crippen molar-refractivity contribution in [3.8, 4) is 0 Å². The third-order valence-corrected chi connectivity index (χ3v) is 2.63. The maximum absolute atomic E-state index is 13.4. The van der Waals surface area contributed by atoms with E-state index in [1.165, 1.54) is 18.3 Å². The molecule has 0 atom stereocenters. The monoisotopic (exact) mass is 265 g/mol. The van der Waals surface area contributed by atoms with Crippen molar-refractivity contribution in [3.63, 3.8) is 0 Å². The molecule has 0 radical (unpaired) electrons. The van der Waals surface area contributed by atoms with Gasteiger partial charge in [0.1, 0.15) is 11.6 Å². The molecular formula is C13H9F2NO3. The average Bonchev–Trinajstić information content (AvgIpc) is 2.35. The summed E-state index contributed by atoms with van der Waals surface area (Å²) < 4.78 is 27.9. The molecule has 1 aromatic heterocycles. The van der Waals surface area contributed by atoms with Crippen molar-refractivity contribution in [2.45, 2.75) is 6.54 Å². The Balaban J connectivity index is 2.40. The summed E-state index contributed by atoms with van der Waals surface area (Å²) in [6.07, 6.45) is 1.19. The van der Waals surface area contributed by atoms with Crippen LogP contribution in [0.15, 0.2) is 41.3 Å². The van der Waals surface area contributed by atoms with Crippen LogP contribution in [0.3, 0.4) is 0 Å². The van der Waals surface area contributed by atoms with Crippen molar-refractivity contribution in [2.75, 3.05) is 0 Å². The Bertz CT molecular complexity index is 674. The molecule has 0 fully saturated rings. The van der Waals surface area contributed by atoms with Crippen LogP contribution < -0.4 is 5.56 Å². The summed E-state index contributed by atoms with van der Waals surface area (Å²) in [4.78, 5) is 22.3. The number of carboxylic acid groups (broad SMARTS) is 1. The van der Waals surface area contributed by atoms with E-state index in [0.29, 0.717) is 0 Å². The fraction of sp³-hybridized carbons (Fsp3) is 0.0769. The van der Waals surface area contributed by atoms with Crippen molar-refractivity contribution in [1.82, 2.24) is 4.57 Å². The van der Waals surface area contributed by atoms with Crippen molar-refractivity contribution in [3.05, 3.63) is 69.6 Å². The number of halogens is 2. The summed E-state index contributed by atoms with van der Waals surface area (Å²) in [7, 11) is 0. The number of hydrogen-bond acceptors (Lipinski definition) is 2. The third kappa shape index (κ3) is 2.67. The Hall–Kier alpha value is -2.50. The van der Waals surface area contributed by atoms with E-state index in [0.717, 1.165) is 22.8 Å². The first-order valence-corrected chi connectivity index (χ1v) is 5.35. The van der Waals surface area contributed by atoms with Crippen molar-refractivity contribution in [2.24, 2.45) is 0 Å². The zero-order valence-corrected chi connectivity index (χ0v) is 9.64. The van der Waals surface area contributed by atoms with Gasteiger partial charge >= 0.3 is 5.97 Å². The average molecular weight is 265 g/mol. The molecule has 2 aromatic rings. The van der Waals surface area contributed by atoms with E-state index < -0.39 is 23.2 Å². The van der Waals surface area contributed by atoms with E-state index in [1.807, 2.05) is 0 Å². The summed E-state index contributed by atoms with van der Waals surface area (Å²) >= 11 is 0. The molecule has 1 heterocycles. The van der Waals surface area contributed by atoms with E-state index in [2.05, 4.69) is 0 Å². The number of carbonyl (C=O) groups is 1. The molecule has 0 bridgehead atoms. The lowest BCUT2D eigenvalue weighted by Crippen LogP contribution is -2.21. The lowest BCUT2D eigenvalue weighted by Gasteiger charge is -2.08. The second-order valence-corrected chi connectivity index (χ2v) is 3.89. The van der Waals surface area contributed by atoms with E-state index in [1.54, 1.807) is 0 Å². The van der Waals surface area contributed by atoms with Crippen molar-refractivity contribution in [1.29, 1.82) is 0 Å². The van der Waals surface area contributed by atoms with Crippen LogP contribution in [0, 0.1) is 11.6 Å². The first kappa shape index (κ1) is 12.9. The number of benzene rings is 1. The van der Waals surface area contributed by atoms with Gasteiger partial charge < -0.3 is 9.67 Å². The van der Waals surface area contributed by atoms with Gasteiger partial charge in [-0.05, 0) is 18.2 Å². The molecule has 98 valence electrons. The highest BCUT2D eigenvalue weighted by Gasteiger charge is 2.11. The second-order valence-electron chi connectivity index (χ2n) is 3.89. The van der Waals surface area contributed by atoms with Crippen molar-refractivity contribution < 1.29 is 18.7 Å². The first-order chi connectivity index (χ1) is 8.99. The number of nitrogens with zero attached hydrogens (tertiary/aromatic N) is 1. The van der Waals surface area contributed by atoms with Crippen LogP contribution in [-0.2, 0) is 6.54 Å². The molecule has 0 saturated carbocycles. The topological polar surface area (TPSA) is 59.3 Å². The van der Waals surface area contributed by atoms with Gasteiger partial charge in [0.05, 0.1) is 12.1 Å². The Labute approximate surface area is 106 Å². The van der Waals surface area contributed by atoms with Crippen LogP contribution in [-0.4, -0.2) is 15.6 Å². The number of aromatic carboxylic acids is 1. The Morgan fingerprint density at radius 1 is 1.21 bits per heavy atom. The van der Waals surface area contributed by atoms with E-state index in [-0.39, 0.29) is 17.7 Å². The molecule has 0 aliphatic rings. The fourth-order valence-electron chi connectivity index (χ4n) is 1.63. The predicted octanol–water partition coefficient (Wildman–Crippen LogP) is 1.87. The van der Waals surface area contributed by atoms with E-state index >= 15 is 0 Å². The minimum atomic E-state index is -1.23. The SMILES string of the molecule is O=C(O)c1ccn(Cc2c(F)cccc2F)c(=O)c1. The molecule has 19 heavy (non-hydrogen) atoms. The largest absolute Gasteiger partial charge is 0.478 e. The maximum atomic E-state index is 13.4. The summed E-state index contributed by atoms with van der Waals surface area (Å²) in [5.74, 6) is -2.75. The molecule has 0 amide bonds. The summed E-state index contributed by atoms with van der Waals surface area (Å²) in [6, 6.07) is 5.51. The van der Waals surface area contributed by atoms with Crippen LogP contribution in [0.5, 0.6) is 0 Å². The summed E-state index contributed by atoms with van der Waals surface area (Å²) in [6.45, 7) is -0.294. The highest BCUT2D eigenvalue weighted by molar-refractivity contribution is 5.87. The van der Waals surface area contributed by atoms with Crippen LogP contribution in [0.25, 0.3) is 0 Å². The van der Waals surface area contributed by atoms with Crippen LogP contribution >= 0.6 is 0 Å². The molecule has 4 nitrogen and oxygen atoms in total. The molecule has 0 saturated heterocycles. The van der Waals surface area contributed by atoms with Gasteiger partial charge in [0.2, 0.25) is 0 Å². The molecule has 0 aliphatic carbocycles. The number of aromatic nitrogens is 1. The van der Waals surface area contributed by atoms with Gasteiger partial charge in [0.15, 0.2) is 0 Å². The van der Waals surface area contributed by atoms with Gasteiger partial charge in [0, 0.05) is 17.8 Å². The standard InChI is InChI=1S/C13H9F2NO3/c14-10-2-1-3-11(15)9(10)7-16-5-4-8(13(18)19)6-12(16)17/h1-6H,7H2,(H,18,19). The first-order valence-electron chi connectivity index (χ1n) is 5.35. The zero-order valence-electron chi connectivity index (χ0n) is 9.64. The third-order valence-electron chi connectivity index (χ3n) is 2.63.